The third-order valence-corrected chi connectivity index (χ3v) is 5.20. The van der Waals surface area contributed by atoms with Crippen LogP contribution in [0.15, 0.2) is 23.1 Å². The predicted molar refractivity (Wildman–Crippen MR) is 88.0 cm³/mol. The van der Waals surface area contributed by atoms with Crippen molar-refractivity contribution in [3.63, 3.8) is 0 Å². The summed E-state index contributed by atoms with van der Waals surface area (Å²) in [4.78, 5) is 26.7. The molecule has 0 N–H and O–H groups in total. The van der Waals surface area contributed by atoms with E-state index in [1.165, 1.54) is 18.2 Å². The van der Waals surface area contributed by atoms with Crippen molar-refractivity contribution < 1.29 is 14.3 Å². The number of carbonyl (C=O) groups excluding carboxylic acids is 2. The molecule has 1 fully saturated rings. The van der Waals surface area contributed by atoms with Gasteiger partial charge in [-0.25, -0.2) is 0 Å². The van der Waals surface area contributed by atoms with Crippen molar-refractivity contribution in [1.82, 2.24) is 4.90 Å². The summed E-state index contributed by atoms with van der Waals surface area (Å²) < 4.78 is 4.77. The van der Waals surface area contributed by atoms with Crippen molar-refractivity contribution >= 4 is 23.6 Å². The summed E-state index contributed by atoms with van der Waals surface area (Å²) in [6.45, 7) is 5.46. The van der Waals surface area contributed by atoms with E-state index < -0.39 is 0 Å². The average Bonchev–Trinajstić information content (AvgIpc) is 2.55. The van der Waals surface area contributed by atoms with Crippen molar-refractivity contribution in [3.05, 3.63) is 29.3 Å². The number of hydrogen-bond acceptors (Lipinski definition) is 4. The van der Waals surface area contributed by atoms with Crippen LogP contribution in [-0.4, -0.2) is 42.7 Å². The number of benzene rings is 1. The van der Waals surface area contributed by atoms with E-state index in [1.807, 2.05) is 4.90 Å². The Labute approximate surface area is 136 Å². The van der Waals surface area contributed by atoms with Crippen molar-refractivity contribution in [1.29, 1.82) is 0 Å². The highest BCUT2D eigenvalue weighted by molar-refractivity contribution is 8.00. The van der Waals surface area contributed by atoms with Crippen molar-refractivity contribution in [2.45, 2.75) is 31.6 Å². The van der Waals surface area contributed by atoms with E-state index in [0.29, 0.717) is 31.7 Å². The standard InChI is InChI=1S/C17H23NO3S/c1-12-4-5-15(10-13(12)2)22-11-16(19)18-8-6-14(7-9-18)17(20)21-3/h4-5,10,14H,6-9,11H2,1-3H3. The number of thioether (sulfide) groups is 1. The van der Waals surface area contributed by atoms with Gasteiger partial charge in [-0.3, -0.25) is 9.59 Å². The van der Waals surface area contributed by atoms with E-state index in [-0.39, 0.29) is 17.8 Å². The third-order valence-electron chi connectivity index (χ3n) is 4.22. The lowest BCUT2D eigenvalue weighted by atomic mass is 9.97. The fourth-order valence-electron chi connectivity index (χ4n) is 2.57. The molecule has 22 heavy (non-hydrogen) atoms. The molecule has 0 spiro atoms. The molecule has 1 heterocycles. The molecule has 0 saturated carbocycles. The molecule has 1 aromatic rings. The number of amides is 1. The third kappa shape index (κ3) is 4.26. The van der Waals surface area contributed by atoms with E-state index in [9.17, 15) is 9.59 Å². The number of likely N-dealkylation sites (tertiary alicyclic amines) is 1. The Morgan fingerprint density at radius 2 is 1.91 bits per heavy atom. The van der Waals surface area contributed by atoms with Gasteiger partial charge < -0.3 is 9.64 Å². The minimum absolute atomic E-state index is 0.0542. The van der Waals surface area contributed by atoms with Crippen molar-refractivity contribution in [2.24, 2.45) is 5.92 Å². The molecule has 0 radical (unpaired) electrons. The van der Waals surface area contributed by atoms with Crippen LogP contribution in [0.3, 0.4) is 0 Å². The van der Waals surface area contributed by atoms with Crippen LogP contribution in [0.2, 0.25) is 0 Å². The van der Waals surface area contributed by atoms with Crippen LogP contribution in [0.4, 0.5) is 0 Å². The fraction of sp³-hybridized carbons (Fsp3) is 0.529. The Morgan fingerprint density at radius 3 is 2.50 bits per heavy atom. The lowest BCUT2D eigenvalue weighted by Gasteiger charge is -2.30. The van der Waals surface area contributed by atoms with Crippen LogP contribution in [0, 0.1) is 19.8 Å². The molecule has 1 aliphatic rings. The predicted octanol–water partition coefficient (Wildman–Crippen LogP) is 2.81. The number of aryl methyl sites for hydroxylation is 2. The number of nitrogens with zero attached hydrogens (tertiary/aromatic N) is 1. The first kappa shape index (κ1) is 16.9. The maximum Gasteiger partial charge on any atom is 0.308 e. The maximum absolute atomic E-state index is 12.3. The summed E-state index contributed by atoms with van der Waals surface area (Å²) >= 11 is 1.57. The van der Waals surface area contributed by atoms with Gasteiger partial charge in [-0.15, -0.1) is 11.8 Å². The Bertz CT molecular complexity index is 551. The first-order valence-electron chi connectivity index (χ1n) is 7.57. The zero-order chi connectivity index (χ0) is 16.1. The summed E-state index contributed by atoms with van der Waals surface area (Å²) in [5, 5.41) is 0. The van der Waals surface area contributed by atoms with Crippen molar-refractivity contribution in [3.8, 4) is 0 Å². The van der Waals surface area contributed by atoms with Crippen LogP contribution in [0.25, 0.3) is 0 Å². The van der Waals surface area contributed by atoms with Gasteiger partial charge in [0, 0.05) is 18.0 Å². The molecule has 0 unspecified atom stereocenters. The van der Waals surface area contributed by atoms with E-state index in [1.54, 1.807) is 11.8 Å². The maximum atomic E-state index is 12.3. The molecular weight excluding hydrogens is 298 g/mol. The Hall–Kier alpha value is -1.49. The highest BCUT2D eigenvalue weighted by Crippen LogP contribution is 2.23. The molecule has 1 saturated heterocycles. The minimum atomic E-state index is -0.156. The second-order valence-electron chi connectivity index (χ2n) is 5.71. The van der Waals surface area contributed by atoms with Gasteiger partial charge in [0.05, 0.1) is 18.8 Å². The molecule has 0 aliphatic carbocycles. The molecular formula is C17H23NO3S. The summed E-state index contributed by atoms with van der Waals surface area (Å²) in [7, 11) is 1.42. The van der Waals surface area contributed by atoms with E-state index in [2.05, 4.69) is 32.0 Å². The number of hydrogen-bond donors (Lipinski definition) is 0. The monoisotopic (exact) mass is 321 g/mol. The average molecular weight is 321 g/mol. The number of carbonyl (C=O) groups is 2. The molecule has 5 heteroatoms. The second-order valence-corrected chi connectivity index (χ2v) is 6.76. The summed E-state index contributed by atoms with van der Waals surface area (Å²) in [5.41, 5.74) is 2.51. The summed E-state index contributed by atoms with van der Waals surface area (Å²) in [6.07, 6.45) is 1.40. The number of piperidine rings is 1. The quantitative estimate of drug-likeness (QED) is 0.632. The molecule has 4 nitrogen and oxygen atoms in total. The number of esters is 1. The summed E-state index contributed by atoms with van der Waals surface area (Å²) in [5.74, 6) is 0.385. The second kappa shape index (κ2) is 7.68. The Kier molecular flexibility index (Phi) is 5.89. The SMILES string of the molecule is COC(=O)C1CCN(C(=O)CSc2ccc(C)c(C)c2)CC1. The molecule has 120 valence electrons. The minimum Gasteiger partial charge on any atom is -0.469 e. The first-order valence-corrected chi connectivity index (χ1v) is 8.55. The molecule has 0 aromatic heterocycles. The van der Waals surface area contributed by atoms with Gasteiger partial charge in [0.15, 0.2) is 0 Å². The van der Waals surface area contributed by atoms with Crippen LogP contribution >= 0.6 is 11.8 Å². The van der Waals surface area contributed by atoms with Gasteiger partial charge in [0.1, 0.15) is 0 Å². The van der Waals surface area contributed by atoms with E-state index >= 15 is 0 Å². The summed E-state index contributed by atoms with van der Waals surface area (Å²) in [6, 6.07) is 6.27. The number of methoxy groups -OCH3 is 1. The van der Waals surface area contributed by atoms with Crippen LogP contribution in [-0.2, 0) is 14.3 Å². The Morgan fingerprint density at radius 1 is 1.23 bits per heavy atom. The van der Waals surface area contributed by atoms with Gasteiger partial charge >= 0.3 is 5.97 Å². The van der Waals surface area contributed by atoms with Gasteiger partial charge in [-0.1, -0.05) is 6.07 Å². The molecule has 1 amide bonds. The highest BCUT2D eigenvalue weighted by Gasteiger charge is 2.27. The Balaban J connectivity index is 1.81. The van der Waals surface area contributed by atoms with Gasteiger partial charge in [0.25, 0.3) is 0 Å². The zero-order valence-corrected chi connectivity index (χ0v) is 14.2. The van der Waals surface area contributed by atoms with Gasteiger partial charge in [0.2, 0.25) is 5.91 Å². The number of rotatable bonds is 4. The van der Waals surface area contributed by atoms with Gasteiger partial charge in [-0.2, -0.15) is 0 Å². The number of ether oxygens (including phenoxy) is 1. The fourth-order valence-corrected chi connectivity index (χ4v) is 3.47. The van der Waals surface area contributed by atoms with Crippen LogP contribution in [0.5, 0.6) is 0 Å². The molecule has 0 atom stereocenters. The molecule has 2 rings (SSSR count). The molecule has 1 aliphatic heterocycles. The molecule has 1 aromatic carbocycles. The first-order chi connectivity index (χ1) is 10.5. The van der Waals surface area contributed by atoms with Gasteiger partial charge in [-0.05, 0) is 49.9 Å². The van der Waals surface area contributed by atoms with E-state index in [4.69, 9.17) is 4.74 Å². The van der Waals surface area contributed by atoms with E-state index in [0.717, 1.165) is 4.90 Å². The highest BCUT2D eigenvalue weighted by atomic mass is 32.2. The van der Waals surface area contributed by atoms with Crippen LogP contribution in [0.1, 0.15) is 24.0 Å². The largest absolute Gasteiger partial charge is 0.469 e. The smallest absolute Gasteiger partial charge is 0.308 e. The van der Waals surface area contributed by atoms with Crippen molar-refractivity contribution in [2.75, 3.05) is 26.0 Å². The molecule has 0 bridgehead atoms. The lowest BCUT2D eigenvalue weighted by molar-refractivity contribution is -0.148. The van der Waals surface area contributed by atoms with Crippen LogP contribution < -0.4 is 0 Å². The normalized spacial score (nSPS) is 15.7. The zero-order valence-electron chi connectivity index (χ0n) is 13.4. The topological polar surface area (TPSA) is 46.6 Å². The lowest BCUT2D eigenvalue weighted by Crippen LogP contribution is -2.41.